The maximum atomic E-state index is 12.9. The second-order valence-corrected chi connectivity index (χ2v) is 6.70. The Kier molecular flexibility index (Phi) is 4.38. The number of carbonyl (C=O) groups excluding carboxylic acids is 2. The van der Waals surface area contributed by atoms with Gasteiger partial charge >= 0.3 is 0 Å². The first-order chi connectivity index (χ1) is 11.5. The Morgan fingerprint density at radius 1 is 1.00 bits per heavy atom. The molecule has 0 fully saturated rings. The van der Waals surface area contributed by atoms with E-state index >= 15 is 0 Å². The van der Waals surface area contributed by atoms with Crippen LogP contribution in [0.5, 0.6) is 0 Å². The quantitative estimate of drug-likeness (QED) is 0.888. The molecule has 1 atom stereocenters. The molecule has 124 valence electrons. The number of rotatable bonds is 5. The topological polar surface area (TPSA) is 72.2 Å². The number of primary amides is 1. The normalized spacial score (nSPS) is 14.1. The predicted molar refractivity (Wildman–Crippen MR) is 94.3 cm³/mol. The standard InChI is InChI=1S/C20H22N2O2/c1-12(2)11-17(19(21)23)22-20(24)18-15-9-5-3-7-13(15)14-8-4-6-10-16(14)18/h3-10,12,17-18H,11H2,1-2H3,(H2,21,23)(H,22,24)/t17-/m1/s1. The molecule has 1 aliphatic carbocycles. The van der Waals surface area contributed by atoms with Gasteiger partial charge in [0.25, 0.3) is 0 Å². The molecule has 2 amide bonds. The summed E-state index contributed by atoms with van der Waals surface area (Å²) in [5.41, 5.74) is 9.57. The van der Waals surface area contributed by atoms with E-state index in [1.165, 1.54) is 0 Å². The summed E-state index contributed by atoms with van der Waals surface area (Å²) in [4.78, 5) is 24.6. The van der Waals surface area contributed by atoms with Crippen LogP contribution in [0.15, 0.2) is 48.5 Å². The lowest BCUT2D eigenvalue weighted by Gasteiger charge is -2.21. The Hall–Kier alpha value is -2.62. The average Bonchev–Trinajstić information content (AvgIpc) is 2.88. The third-order valence-corrected chi connectivity index (χ3v) is 4.46. The minimum absolute atomic E-state index is 0.170. The van der Waals surface area contributed by atoms with E-state index in [-0.39, 0.29) is 11.8 Å². The highest BCUT2D eigenvalue weighted by molar-refractivity contribution is 5.98. The molecule has 3 rings (SSSR count). The molecule has 0 spiro atoms. The summed E-state index contributed by atoms with van der Waals surface area (Å²) in [6, 6.07) is 15.2. The molecule has 2 aromatic rings. The van der Waals surface area contributed by atoms with Gasteiger partial charge in [-0.05, 0) is 34.6 Å². The van der Waals surface area contributed by atoms with E-state index < -0.39 is 17.9 Å². The first-order valence-electron chi connectivity index (χ1n) is 8.27. The number of carbonyl (C=O) groups is 2. The van der Waals surface area contributed by atoms with Crippen LogP contribution in [0.3, 0.4) is 0 Å². The largest absolute Gasteiger partial charge is 0.368 e. The number of amides is 2. The van der Waals surface area contributed by atoms with Crippen LogP contribution in [0.25, 0.3) is 11.1 Å². The van der Waals surface area contributed by atoms with E-state index in [9.17, 15) is 9.59 Å². The molecule has 4 heteroatoms. The van der Waals surface area contributed by atoms with Crippen molar-refractivity contribution in [3.05, 3.63) is 59.7 Å². The lowest BCUT2D eigenvalue weighted by Crippen LogP contribution is -2.46. The van der Waals surface area contributed by atoms with Gasteiger partial charge in [0.15, 0.2) is 0 Å². The second-order valence-electron chi connectivity index (χ2n) is 6.70. The molecule has 0 saturated heterocycles. The highest BCUT2D eigenvalue weighted by atomic mass is 16.2. The summed E-state index contributed by atoms with van der Waals surface area (Å²) in [7, 11) is 0. The number of nitrogens with two attached hydrogens (primary N) is 1. The Labute approximate surface area is 142 Å². The van der Waals surface area contributed by atoms with Crippen LogP contribution in [0.1, 0.15) is 37.3 Å². The van der Waals surface area contributed by atoms with Crippen LogP contribution < -0.4 is 11.1 Å². The lowest BCUT2D eigenvalue weighted by atomic mass is 9.95. The minimum Gasteiger partial charge on any atom is -0.368 e. The number of benzene rings is 2. The van der Waals surface area contributed by atoms with Crippen molar-refractivity contribution in [2.24, 2.45) is 11.7 Å². The summed E-state index contributed by atoms with van der Waals surface area (Å²) in [6.45, 7) is 4.00. The van der Waals surface area contributed by atoms with Crippen molar-refractivity contribution in [2.45, 2.75) is 32.2 Å². The van der Waals surface area contributed by atoms with E-state index in [1.54, 1.807) is 0 Å². The zero-order valence-corrected chi connectivity index (χ0v) is 14.0. The molecule has 0 aliphatic heterocycles. The molecule has 1 aliphatic rings. The second kappa shape index (κ2) is 6.48. The lowest BCUT2D eigenvalue weighted by molar-refractivity contribution is -0.128. The third kappa shape index (κ3) is 2.92. The molecule has 3 N–H and O–H groups in total. The molecule has 0 aromatic heterocycles. The Bertz CT molecular complexity index is 737. The zero-order valence-electron chi connectivity index (χ0n) is 14.0. The van der Waals surface area contributed by atoms with Crippen molar-refractivity contribution in [1.29, 1.82) is 0 Å². The summed E-state index contributed by atoms with van der Waals surface area (Å²) < 4.78 is 0. The number of hydrogen-bond donors (Lipinski definition) is 2. The Balaban J connectivity index is 1.94. The van der Waals surface area contributed by atoms with Crippen LogP contribution in [0, 0.1) is 5.92 Å². The van der Waals surface area contributed by atoms with Crippen molar-refractivity contribution in [3.8, 4) is 11.1 Å². The number of hydrogen-bond acceptors (Lipinski definition) is 2. The van der Waals surface area contributed by atoms with Gasteiger partial charge in [0.2, 0.25) is 11.8 Å². The van der Waals surface area contributed by atoms with E-state index in [2.05, 4.69) is 5.32 Å². The van der Waals surface area contributed by atoms with Crippen LogP contribution >= 0.6 is 0 Å². The van der Waals surface area contributed by atoms with E-state index in [0.717, 1.165) is 22.3 Å². The van der Waals surface area contributed by atoms with E-state index in [0.29, 0.717) is 6.42 Å². The van der Waals surface area contributed by atoms with Crippen LogP contribution in [0.2, 0.25) is 0 Å². The first kappa shape index (κ1) is 16.2. The van der Waals surface area contributed by atoms with Crippen molar-refractivity contribution in [3.63, 3.8) is 0 Å². The highest BCUT2D eigenvalue weighted by Crippen LogP contribution is 2.44. The number of nitrogens with one attached hydrogen (secondary N) is 1. The smallest absolute Gasteiger partial charge is 0.240 e. The van der Waals surface area contributed by atoms with Crippen molar-refractivity contribution in [1.82, 2.24) is 5.32 Å². The maximum absolute atomic E-state index is 12.9. The molecule has 0 unspecified atom stereocenters. The van der Waals surface area contributed by atoms with Gasteiger partial charge in [-0.3, -0.25) is 9.59 Å². The van der Waals surface area contributed by atoms with E-state index in [4.69, 9.17) is 5.73 Å². The molecule has 0 radical (unpaired) electrons. The highest BCUT2D eigenvalue weighted by Gasteiger charge is 2.34. The number of fused-ring (bicyclic) bond motifs is 3. The Morgan fingerprint density at radius 3 is 1.96 bits per heavy atom. The Morgan fingerprint density at radius 2 is 1.50 bits per heavy atom. The van der Waals surface area contributed by atoms with Gasteiger partial charge in [-0.1, -0.05) is 62.4 Å². The summed E-state index contributed by atoms with van der Waals surface area (Å²) in [5.74, 6) is -0.786. The summed E-state index contributed by atoms with van der Waals surface area (Å²) in [6.07, 6.45) is 0.539. The van der Waals surface area contributed by atoms with Gasteiger partial charge in [0.1, 0.15) is 6.04 Å². The predicted octanol–water partition coefficient (Wildman–Crippen LogP) is 2.82. The van der Waals surface area contributed by atoms with Gasteiger partial charge in [-0.2, -0.15) is 0 Å². The van der Waals surface area contributed by atoms with Crippen molar-refractivity contribution < 1.29 is 9.59 Å². The first-order valence-corrected chi connectivity index (χ1v) is 8.27. The maximum Gasteiger partial charge on any atom is 0.240 e. The van der Waals surface area contributed by atoms with Crippen molar-refractivity contribution >= 4 is 11.8 Å². The summed E-state index contributed by atoms with van der Waals surface area (Å²) >= 11 is 0. The molecular weight excluding hydrogens is 300 g/mol. The average molecular weight is 322 g/mol. The van der Waals surface area contributed by atoms with Crippen LogP contribution in [0.4, 0.5) is 0 Å². The van der Waals surface area contributed by atoms with Gasteiger partial charge < -0.3 is 11.1 Å². The molecule has 4 nitrogen and oxygen atoms in total. The van der Waals surface area contributed by atoms with Gasteiger partial charge in [0.05, 0.1) is 5.92 Å². The molecule has 2 aromatic carbocycles. The SMILES string of the molecule is CC(C)C[C@@H](NC(=O)C1c2ccccc2-c2ccccc21)C(N)=O. The monoisotopic (exact) mass is 322 g/mol. The minimum atomic E-state index is -0.641. The van der Waals surface area contributed by atoms with Crippen LogP contribution in [-0.2, 0) is 9.59 Å². The van der Waals surface area contributed by atoms with Gasteiger partial charge in [0, 0.05) is 0 Å². The molecule has 0 bridgehead atoms. The molecule has 0 saturated carbocycles. The fourth-order valence-corrected chi connectivity index (χ4v) is 3.41. The van der Waals surface area contributed by atoms with Crippen LogP contribution in [-0.4, -0.2) is 17.9 Å². The summed E-state index contributed by atoms with van der Waals surface area (Å²) in [5, 5.41) is 2.86. The zero-order chi connectivity index (χ0) is 17.3. The van der Waals surface area contributed by atoms with Gasteiger partial charge in [-0.25, -0.2) is 0 Å². The van der Waals surface area contributed by atoms with Gasteiger partial charge in [-0.15, -0.1) is 0 Å². The molecule has 24 heavy (non-hydrogen) atoms. The van der Waals surface area contributed by atoms with E-state index in [1.807, 2.05) is 62.4 Å². The molecular formula is C20H22N2O2. The fraction of sp³-hybridized carbons (Fsp3) is 0.300. The fourth-order valence-electron chi connectivity index (χ4n) is 3.41. The molecule has 0 heterocycles. The third-order valence-electron chi connectivity index (χ3n) is 4.46. The van der Waals surface area contributed by atoms with Crippen molar-refractivity contribution in [2.75, 3.05) is 0 Å².